The Labute approximate surface area is 128 Å². The fourth-order valence-corrected chi connectivity index (χ4v) is 2.08. The highest BCUT2D eigenvalue weighted by atomic mass is 79.9. The van der Waals surface area contributed by atoms with Gasteiger partial charge in [0.15, 0.2) is 5.75 Å². The molecule has 0 amide bonds. The molecule has 0 spiro atoms. The number of rotatable bonds is 5. The molecule has 4 heteroatoms. The quantitative estimate of drug-likeness (QED) is 0.766. The van der Waals surface area contributed by atoms with E-state index in [0.29, 0.717) is 18.2 Å². The van der Waals surface area contributed by atoms with Crippen molar-refractivity contribution in [2.75, 3.05) is 6.61 Å². The van der Waals surface area contributed by atoms with Crippen molar-refractivity contribution in [3.05, 3.63) is 46.1 Å². The van der Waals surface area contributed by atoms with Gasteiger partial charge in [0.1, 0.15) is 5.75 Å². The van der Waals surface area contributed by atoms with Crippen LogP contribution in [0.3, 0.4) is 0 Å². The summed E-state index contributed by atoms with van der Waals surface area (Å²) in [6.45, 7) is 6.80. The zero-order valence-corrected chi connectivity index (χ0v) is 13.5. The molecule has 3 nitrogen and oxygen atoms in total. The van der Waals surface area contributed by atoms with Gasteiger partial charge in [-0.2, -0.15) is 0 Å². The third-order valence-corrected chi connectivity index (χ3v) is 4.07. The second kappa shape index (κ2) is 6.75. The molecular formula is C16H18BrNO2. The van der Waals surface area contributed by atoms with Crippen LogP contribution in [0.1, 0.15) is 24.5 Å². The molecule has 0 fully saturated rings. The lowest BCUT2D eigenvalue weighted by molar-refractivity contribution is 0.298. The third kappa shape index (κ3) is 3.51. The summed E-state index contributed by atoms with van der Waals surface area (Å²) >= 11 is 3.55. The van der Waals surface area contributed by atoms with Crippen molar-refractivity contribution in [2.45, 2.75) is 27.2 Å². The maximum atomic E-state index is 5.87. The Balaban J connectivity index is 2.26. The Morgan fingerprint density at radius 3 is 2.55 bits per heavy atom. The van der Waals surface area contributed by atoms with Crippen LogP contribution in [0.25, 0.3) is 0 Å². The van der Waals surface area contributed by atoms with Crippen LogP contribution >= 0.6 is 15.9 Å². The smallest absolute Gasteiger partial charge is 0.262 e. The molecule has 1 aromatic carbocycles. The van der Waals surface area contributed by atoms with Gasteiger partial charge in [-0.05, 0) is 55.7 Å². The van der Waals surface area contributed by atoms with Gasteiger partial charge in [0, 0.05) is 10.7 Å². The number of aryl methyl sites for hydroxylation is 2. The van der Waals surface area contributed by atoms with Crippen molar-refractivity contribution < 1.29 is 9.47 Å². The Kier molecular flexibility index (Phi) is 5.01. The largest absolute Gasteiger partial charge is 0.488 e. The van der Waals surface area contributed by atoms with Crippen LogP contribution in [-0.4, -0.2) is 11.6 Å². The third-order valence-electron chi connectivity index (χ3n) is 2.82. The first-order valence-electron chi connectivity index (χ1n) is 6.64. The fraction of sp³-hybridized carbons (Fsp3) is 0.312. The van der Waals surface area contributed by atoms with Crippen molar-refractivity contribution in [3.63, 3.8) is 0 Å². The summed E-state index contributed by atoms with van der Waals surface area (Å²) in [5.74, 6) is 1.94. The van der Waals surface area contributed by atoms with Crippen LogP contribution in [0, 0.1) is 13.8 Å². The minimum Gasteiger partial charge on any atom is -0.488 e. The van der Waals surface area contributed by atoms with Crippen LogP contribution < -0.4 is 9.47 Å². The predicted molar refractivity (Wildman–Crippen MR) is 83.7 cm³/mol. The number of pyridine rings is 1. The lowest BCUT2D eigenvalue weighted by atomic mass is 10.1. The van der Waals surface area contributed by atoms with Crippen molar-refractivity contribution in [2.24, 2.45) is 0 Å². The molecule has 0 N–H and O–H groups in total. The number of hydrogen-bond donors (Lipinski definition) is 0. The van der Waals surface area contributed by atoms with Gasteiger partial charge in [-0.3, -0.25) is 0 Å². The molecule has 0 aliphatic rings. The molecule has 20 heavy (non-hydrogen) atoms. The van der Waals surface area contributed by atoms with Crippen molar-refractivity contribution in [3.8, 4) is 17.4 Å². The standard InChI is InChI=1S/C16H18BrNO2/c1-4-8-19-14-6-5-7-18-16(14)20-13-9-11(2)15(17)12(3)10-13/h5-7,9-10H,4,8H2,1-3H3. The molecule has 1 heterocycles. The summed E-state index contributed by atoms with van der Waals surface area (Å²) in [6.07, 6.45) is 2.65. The molecule has 106 valence electrons. The molecule has 0 saturated carbocycles. The van der Waals surface area contributed by atoms with Gasteiger partial charge in [0.25, 0.3) is 5.88 Å². The van der Waals surface area contributed by atoms with Gasteiger partial charge in [0.2, 0.25) is 0 Å². The van der Waals surface area contributed by atoms with Crippen molar-refractivity contribution >= 4 is 15.9 Å². The number of ether oxygens (including phenoxy) is 2. The average Bonchev–Trinajstić information content (AvgIpc) is 2.44. The molecule has 0 radical (unpaired) electrons. The highest BCUT2D eigenvalue weighted by molar-refractivity contribution is 9.10. The van der Waals surface area contributed by atoms with Crippen molar-refractivity contribution in [1.29, 1.82) is 0 Å². The highest BCUT2D eigenvalue weighted by Gasteiger charge is 2.09. The topological polar surface area (TPSA) is 31.4 Å². The second-order valence-electron chi connectivity index (χ2n) is 4.63. The molecule has 2 aromatic rings. The van der Waals surface area contributed by atoms with Crippen LogP contribution in [0.2, 0.25) is 0 Å². The molecule has 0 unspecified atom stereocenters. The SMILES string of the molecule is CCCOc1cccnc1Oc1cc(C)c(Br)c(C)c1. The van der Waals surface area contributed by atoms with Gasteiger partial charge in [-0.15, -0.1) is 0 Å². The average molecular weight is 336 g/mol. The van der Waals surface area contributed by atoms with Gasteiger partial charge in [-0.25, -0.2) is 4.98 Å². The summed E-state index contributed by atoms with van der Waals surface area (Å²) in [6, 6.07) is 7.68. The van der Waals surface area contributed by atoms with E-state index >= 15 is 0 Å². The first-order valence-corrected chi connectivity index (χ1v) is 7.43. The summed E-state index contributed by atoms with van der Waals surface area (Å²) in [5.41, 5.74) is 2.26. The predicted octanol–water partition coefficient (Wildman–Crippen LogP) is 5.04. The molecule has 0 aliphatic carbocycles. The molecule has 0 atom stereocenters. The Morgan fingerprint density at radius 1 is 1.20 bits per heavy atom. The van der Waals surface area contributed by atoms with Gasteiger partial charge >= 0.3 is 0 Å². The Bertz CT molecular complexity index is 576. The van der Waals surface area contributed by atoms with Crippen LogP contribution in [0.5, 0.6) is 17.4 Å². The Morgan fingerprint density at radius 2 is 1.90 bits per heavy atom. The minimum atomic E-state index is 0.502. The zero-order chi connectivity index (χ0) is 14.5. The summed E-state index contributed by atoms with van der Waals surface area (Å²) in [7, 11) is 0. The van der Waals surface area contributed by atoms with E-state index in [-0.39, 0.29) is 0 Å². The van der Waals surface area contributed by atoms with Crippen LogP contribution in [0.4, 0.5) is 0 Å². The van der Waals surface area contributed by atoms with E-state index < -0.39 is 0 Å². The van der Waals surface area contributed by atoms with Gasteiger partial charge in [0.05, 0.1) is 6.61 Å². The first kappa shape index (κ1) is 14.9. The normalized spacial score (nSPS) is 10.4. The van der Waals surface area contributed by atoms with Gasteiger partial charge in [-0.1, -0.05) is 22.9 Å². The van der Waals surface area contributed by atoms with E-state index in [2.05, 4.69) is 27.8 Å². The molecule has 0 bridgehead atoms. The zero-order valence-electron chi connectivity index (χ0n) is 11.9. The minimum absolute atomic E-state index is 0.502. The number of benzene rings is 1. The first-order chi connectivity index (χ1) is 9.61. The molecule has 0 aliphatic heterocycles. The molecule has 2 rings (SSSR count). The molecular weight excluding hydrogens is 318 g/mol. The van der Waals surface area contributed by atoms with Crippen LogP contribution in [-0.2, 0) is 0 Å². The summed E-state index contributed by atoms with van der Waals surface area (Å²) in [4.78, 5) is 4.25. The monoisotopic (exact) mass is 335 g/mol. The Hall–Kier alpha value is -1.55. The maximum absolute atomic E-state index is 5.87. The van der Waals surface area contributed by atoms with E-state index in [1.54, 1.807) is 6.20 Å². The molecule has 0 saturated heterocycles. The number of hydrogen-bond acceptors (Lipinski definition) is 3. The van der Waals surface area contributed by atoms with E-state index in [9.17, 15) is 0 Å². The van der Waals surface area contributed by atoms with E-state index in [0.717, 1.165) is 27.8 Å². The summed E-state index contributed by atoms with van der Waals surface area (Å²) in [5, 5.41) is 0. The summed E-state index contributed by atoms with van der Waals surface area (Å²) < 4.78 is 12.6. The molecule has 1 aromatic heterocycles. The van der Waals surface area contributed by atoms with Crippen LogP contribution in [0.15, 0.2) is 34.9 Å². The number of halogens is 1. The van der Waals surface area contributed by atoms with E-state index in [4.69, 9.17) is 9.47 Å². The highest BCUT2D eigenvalue weighted by Crippen LogP contribution is 2.32. The van der Waals surface area contributed by atoms with Crippen molar-refractivity contribution in [1.82, 2.24) is 4.98 Å². The van der Waals surface area contributed by atoms with E-state index in [1.165, 1.54) is 0 Å². The second-order valence-corrected chi connectivity index (χ2v) is 5.42. The van der Waals surface area contributed by atoms with Gasteiger partial charge < -0.3 is 9.47 Å². The fourth-order valence-electron chi connectivity index (χ4n) is 1.85. The maximum Gasteiger partial charge on any atom is 0.262 e. The number of aromatic nitrogens is 1. The lowest BCUT2D eigenvalue weighted by Gasteiger charge is -2.12. The number of nitrogens with zero attached hydrogens (tertiary/aromatic N) is 1. The van der Waals surface area contributed by atoms with E-state index in [1.807, 2.05) is 38.1 Å². The lowest BCUT2D eigenvalue weighted by Crippen LogP contribution is -1.99.